The molecule has 378 valence electrons. The fraction of sp³-hybridized carbons (Fsp3) is 0.143. The van der Waals surface area contributed by atoms with Crippen molar-refractivity contribution in [2.45, 2.75) is 56.3 Å². The standard InChI is InChI=1S/C77H60N2/c1-76(2)68-32-18-15-29-60(68)65-47-59(41-42-69(65)76)79(58-27-13-6-14-28-58)73-49-66-61-30-16-19-33-70(61)77(72(66)48-64(73)53-39-37-52(38-40-53)63-44-50-35-36-54(63)43-50)71-34-20-17-31-62(71)67-45-55(51-21-7-3-8-22-51)46-74(75(67)77)78(56-23-9-4-10-24-56)57-25-11-5-12-26-57/h3-34,37-42,45-50,54,63H,35-36,43-44H2,1-2H3. The molecule has 0 N–H and O–H groups in total. The Bertz CT molecular complexity index is 4140. The third-order valence-corrected chi connectivity index (χ3v) is 19.1. The zero-order chi connectivity index (χ0) is 52.4. The number of benzene rings is 11. The summed E-state index contributed by atoms with van der Waals surface area (Å²) in [4.78, 5) is 5.08. The molecule has 0 heterocycles. The van der Waals surface area contributed by atoms with Gasteiger partial charge in [-0.05, 0) is 193 Å². The van der Waals surface area contributed by atoms with Crippen molar-refractivity contribution >= 4 is 34.1 Å². The van der Waals surface area contributed by atoms with E-state index in [0.29, 0.717) is 5.92 Å². The highest BCUT2D eigenvalue weighted by Gasteiger charge is 2.54. The molecule has 4 unspecified atom stereocenters. The molecule has 5 aliphatic carbocycles. The zero-order valence-corrected chi connectivity index (χ0v) is 44.8. The first kappa shape index (κ1) is 46.1. The Morgan fingerprint density at radius 3 is 1.44 bits per heavy atom. The summed E-state index contributed by atoms with van der Waals surface area (Å²) >= 11 is 0. The number of anilines is 6. The van der Waals surface area contributed by atoms with Gasteiger partial charge in [0.15, 0.2) is 0 Å². The first-order valence-corrected chi connectivity index (χ1v) is 28.7. The van der Waals surface area contributed by atoms with Crippen LogP contribution in [0.2, 0.25) is 0 Å². The summed E-state index contributed by atoms with van der Waals surface area (Å²) < 4.78 is 0. The van der Waals surface area contributed by atoms with E-state index in [2.05, 4.69) is 285 Å². The molecular weight excluding hydrogens is 953 g/mol. The van der Waals surface area contributed by atoms with E-state index in [9.17, 15) is 0 Å². The predicted octanol–water partition coefficient (Wildman–Crippen LogP) is 20.5. The predicted molar refractivity (Wildman–Crippen MR) is 329 cm³/mol. The Morgan fingerprint density at radius 1 is 0.329 bits per heavy atom. The summed E-state index contributed by atoms with van der Waals surface area (Å²) in [5.41, 5.74) is 28.0. The molecule has 4 atom stereocenters. The molecule has 0 amide bonds. The van der Waals surface area contributed by atoms with Gasteiger partial charge < -0.3 is 9.80 Å². The lowest BCUT2D eigenvalue weighted by Crippen LogP contribution is -2.28. The van der Waals surface area contributed by atoms with Crippen LogP contribution in [0.25, 0.3) is 55.6 Å². The van der Waals surface area contributed by atoms with Crippen LogP contribution in [-0.2, 0) is 10.8 Å². The average Bonchev–Trinajstić information content (AvgIpc) is 3.74. The Morgan fingerprint density at radius 2 is 0.848 bits per heavy atom. The van der Waals surface area contributed by atoms with Gasteiger partial charge in [0, 0.05) is 39.3 Å². The molecule has 11 aromatic rings. The molecule has 0 aromatic heterocycles. The minimum absolute atomic E-state index is 0.107. The van der Waals surface area contributed by atoms with E-state index in [1.807, 2.05) is 0 Å². The molecule has 0 aliphatic heterocycles. The fourth-order valence-electron chi connectivity index (χ4n) is 15.7. The van der Waals surface area contributed by atoms with Gasteiger partial charge in [-0.2, -0.15) is 0 Å². The van der Waals surface area contributed by atoms with Crippen LogP contribution in [-0.4, -0.2) is 0 Å². The first-order valence-electron chi connectivity index (χ1n) is 28.7. The fourth-order valence-corrected chi connectivity index (χ4v) is 15.7. The topological polar surface area (TPSA) is 6.48 Å². The van der Waals surface area contributed by atoms with Gasteiger partial charge in [0.1, 0.15) is 0 Å². The van der Waals surface area contributed by atoms with E-state index in [1.165, 1.54) is 126 Å². The van der Waals surface area contributed by atoms with Crippen molar-refractivity contribution in [3.05, 3.63) is 300 Å². The van der Waals surface area contributed by atoms with Crippen molar-refractivity contribution < 1.29 is 0 Å². The van der Waals surface area contributed by atoms with Crippen molar-refractivity contribution in [3.63, 3.8) is 0 Å². The molecule has 2 bridgehead atoms. The molecule has 2 saturated carbocycles. The second-order valence-electron chi connectivity index (χ2n) is 23.5. The van der Waals surface area contributed by atoms with Gasteiger partial charge in [-0.1, -0.05) is 208 Å². The maximum atomic E-state index is 2.63. The second kappa shape index (κ2) is 17.8. The van der Waals surface area contributed by atoms with Crippen molar-refractivity contribution in [1.29, 1.82) is 0 Å². The first-order chi connectivity index (χ1) is 38.9. The molecule has 11 aromatic carbocycles. The van der Waals surface area contributed by atoms with Gasteiger partial charge in [-0.3, -0.25) is 0 Å². The van der Waals surface area contributed by atoms with E-state index >= 15 is 0 Å². The molecule has 0 saturated heterocycles. The molecule has 79 heavy (non-hydrogen) atoms. The highest BCUT2D eigenvalue weighted by Crippen LogP contribution is 2.67. The highest BCUT2D eigenvalue weighted by atomic mass is 15.2. The van der Waals surface area contributed by atoms with Gasteiger partial charge in [-0.25, -0.2) is 0 Å². The number of hydrogen-bond donors (Lipinski definition) is 0. The van der Waals surface area contributed by atoms with Crippen LogP contribution in [0.5, 0.6) is 0 Å². The quantitative estimate of drug-likeness (QED) is 0.142. The van der Waals surface area contributed by atoms with Gasteiger partial charge in [0.2, 0.25) is 0 Å². The number of hydrogen-bond acceptors (Lipinski definition) is 2. The van der Waals surface area contributed by atoms with E-state index in [0.717, 1.165) is 40.3 Å². The highest BCUT2D eigenvalue weighted by molar-refractivity contribution is 6.04. The third kappa shape index (κ3) is 6.90. The summed E-state index contributed by atoms with van der Waals surface area (Å²) in [6, 6.07) is 99.1. The maximum Gasteiger partial charge on any atom is 0.0746 e. The maximum absolute atomic E-state index is 2.63. The summed E-state index contributed by atoms with van der Waals surface area (Å²) in [6.07, 6.45) is 5.49. The molecule has 2 fully saturated rings. The van der Waals surface area contributed by atoms with Crippen molar-refractivity contribution in [2.24, 2.45) is 11.8 Å². The molecule has 1 spiro atoms. The Balaban J connectivity index is 1.01. The van der Waals surface area contributed by atoms with Crippen LogP contribution in [0.4, 0.5) is 34.1 Å². The van der Waals surface area contributed by atoms with Crippen LogP contribution in [0.1, 0.15) is 84.4 Å². The number of nitrogens with zero attached hydrogens (tertiary/aromatic N) is 2. The van der Waals surface area contributed by atoms with E-state index in [1.54, 1.807) is 0 Å². The molecule has 2 heteroatoms. The molecular formula is C77H60N2. The lowest BCUT2D eigenvalue weighted by Gasteiger charge is -2.37. The lowest BCUT2D eigenvalue weighted by molar-refractivity contribution is 0.420. The van der Waals surface area contributed by atoms with Crippen molar-refractivity contribution in [2.75, 3.05) is 9.80 Å². The van der Waals surface area contributed by atoms with Crippen LogP contribution < -0.4 is 9.80 Å². The summed E-state index contributed by atoms with van der Waals surface area (Å²) in [7, 11) is 0. The summed E-state index contributed by atoms with van der Waals surface area (Å²) in [5, 5.41) is 0. The third-order valence-electron chi connectivity index (χ3n) is 19.1. The average molecular weight is 1010 g/mol. The minimum Gasteiger partial charge on any atom is -0.310 e. The summed E-state index contributed by atoms with van der Waals surface area (Å²) in [5.74, 6) is 2.33. The number of rotatable bonds is 9. The molecule has 16 rings (SSSR count). The van der Waals surface area contributed by atoms with E-state index < -0.39 is 5.41 Å². The minimum atomic E-state index is -0.693. The number of para-hydroxylation sites is 3. The monoisotopic (exact) mass is 1010 g/mol. The smallest absolute Gasteiger partial charge is 0.0746 e. The van der Waals surface area contributed by atoms with Gasteiger partial charge in [0.25, 0.3) is 0 Å². The van der Waals surface area contributed by atoms with E-state index in [4.69, 9.17) is 0 Å². The normalized spacial score (nSPS) is 19.1. The van der Waals surface area contributed by atoms with E-state index in [-0.39, 0.29) is 5.41 Å². The number of fused-ring (bicyclic) bond motifs is 15. The van der Waals surface area contributed by atoms with Crippen LogP contribution >= 0.6 is 0 Å². The molecule has 5 aliphatic rings. The molecule has 0 radical (unpaired) electrons. The molecule has 2 nitrogen and oxygen atoms in total. The SMILES string of the molecule is CC1(C)c2ccccc2-c2cc(N(c3ccccc3)c3cc4c(cc3-c3ccc(C5CC6CCC5C6)cc3)C3(c5ccccc5-4)c4ccccc4-c4cc(-c5ccccc5)cc(N(c5ccccc5)c5ccccc5)c43)ccc21. The van der Waals surface area contributed by atoms with Crippen LogP contribution in [0.15, 0.2) is 261 Å². The van der Waals surface area contributed by atoms with Gasteiger partial charge >= 0.3 is 0 Å². The largest absolute Gasteiger partial charge is 0.310 e. The summed E-state index contributed by atoms with van der Waals surface area (Å²) in [6.45, 7) is 4.76. The Kier molecular flexibility index (Phi) is 10.4. The lowest BCUT2D eigenvalue weighted by atomic mass is 9.69. The van der Waals surface area contributed by atoms with Crippen molar-refractivity contribution in [1.82, 2.24) is 0 Å². The van der Waals surface area contributed by atoms with Crippen LogP contribution in [0, 0.1) is 11.8 Å². The Labute approximate surface area is 465 Å². The van der Waals surface area contributed by atoms with Gasteiger partial charge in [-0.15, -0.1) is 0 Å². The zero-order valence-electron chi connectivity index (χ0n) is 44.8. The second-order valence-corrected chi connectivity index (χ2v) is 23.5. The van der Waals surface area contributed by atoms with Crippen LogP contribution in [0.3, 0.4) is 0 Å². The Hall–Kier alpha value is -8.98. The van der Waals surface area contributed by atoms with Gasteiger partial charge in [0.05, 0.1) is 16.8 Å². The van der Waals surface area contributed by atoms with Crippen molar-refractivity contribution in [3.8, 4) is 55.6 Å².